The third-order valence-corrected chi connectivity index (χ3v) is 9.45. The van der Waals surface area contributed by atoms with E-state index in [2.05, 4.69) is 4.72 Å². The average molecular weight is 561 g/mol. The van der Waals surface area contributed by atoms with Gasteiger partial charge in [0.1, 0.15) is 10.6 Å². The van der Waals surface area contributed by atoms with Crippen molar-refractivity contribution in [1.82, 2.24) is 9.29 Å². The number of halogens is 1. The number of aromatic nitrogens is 1. The predicted molar refractivity (Wildman–Crippen MR) is 150 cm³/mol. The monoisotopic (exact) mass is 560 g/mol. The SMILES string of the molecule is CCS(=O)(=O)Cc1ccc(C(=O)c2ccc(F)cc2)c(-c2cn(C)c(=O)cc2C(C)N[S+]([O-])C(C)(C)C)c1. The summed E-state index contributed by atoms with van der Waals surface area (Å²) in [5, 5.41) is 0. The zero-order chi connectivity index (χ0) is 28.4. The fraction of sp³-hybridized carbons (Fsp3) is 0.357. The molecule has 0 aliphatic rings. The minimum Gasteiger partial charge on any atom is -0.598 e. The number of hydrogen-bond acceptors (Lipinski definition) is 6. The molecule has 0 spiro atoms. The molecular weight excluding hydrogens is 527 g/mol. The molecule has 10 heteroatoms. The Kier molecular flexibility index (Phi) is 9.03. The number of carbonyl (C=O) groups excluding carboxylic acids is 1. The van der Waals surface area contributed by atoms with Gasteiger partial charge in [-0.25, -0.2) is 12.8 Å². The van der Waals surface area contributed by atoms with Crippen LogP contribution in [-0.4, -0.2) is 33.8 Å². The molecule has 2 aromatic carbocycles. The van der Waals surface area contributed by atoms with Crippen molar-refractivity contribution < 1.29 is 22.2 Å². The van der Waals surface area contributed by atoms with Crippen LogP contribution >= 0.6 is 0 Å². The smallest absolute Gasteiger partial charge is 0.250 e. The molecule has 0 aliphatic heterocycles. The van der Waals surface area contributed by atoms with Gasteiger partial charge in [-0.3, -0.25) is 9.59 Å². The average Bonchev–Trinajstić information content (AvgIpc) is 2.84. The maximum atomic E-state index is 13.6. The van der Waals surface area contributed by atoms with E-state index in [0.29, 0.717) is 22.3 Å². The van der Waals surface area contributed by atoms with Crippen molar-refractivity contribution in [2.45, 2.75) is 51.2 Å². The summed E-state index contributed by atoms with van der Waals surface area (Å²) in [4.78, 5) is 26.2. The number of carbonyl (C=O) groups is 1. The lowest BCUT2D eigenvalue weighted by Gasteiger charge is -2.27. The topological polar surface area (TPSA) is 108 Å². The van der Waals surface area contributed by atoms with Crippen molar-refractivity contribution >= 4 is 27.0 Å². The third-order valence-electron chi connectivity index (χ3n) is 6.12. The summed E-state index contributed by atoms with van der Waals surface area (Å²) < 4.78 is 55.0. The number of benzene rings is 2. The minimum atomic E-state index is -3.37. The molecule has 7 nitrogen and oxygen atoms in total. The number of hydrogen-bond donors (Lipinski definition) is 1. The maximum Gasteiger partial charge on any atom is 0.250 e. The number of rotatable bonds is 9. The van der Waals surface area contributed by atoms with Crippen molar-refractivity contribution in [3.8, 4) is 11.1 Å². The van der Waals surface area contributed by atoms with Crippen LogP contribution < -0.4 is 10.3 Å². The molecule has 2 unspecified atom stereocenters. The summed E-state index contributed by atoms with van der Waals surface area (Å²) in [5.41, 5.74) is 2.15. The molecule has 204 valence electrons. The van der Waals surface area contributed by atoms with E-state index in [1.54, 1.807) is 45.3 Å². The van der Waals surface area contributed by atoms with Crippen LogP contribution in [0.2, 0.25) is 0 Å². The summed E-state index contributed by atoms with van der Waals surface area (Å²) in [7, 11) is -1.79. The van der Waals surface area contributed by atoms with Gasteiger partial charge in [-0.2, -0.15) is 0 Å². The largest absolute Gasteiger partial charge is 0.598 e. The number of pyridine rings is 1. The van der Waals surface area contributed by atoms with E-state index in [1.807, 2.05) is 20.8 Å². The first-order chi connectivity index (χ1) is 17.6. The second-order valence-electron chi connectivity index (χ2n) is 10.2. The van der Waals surface area contributed by atoms with E-state index < -0.39 is 37.8 Å². The Morgan fingerprint density at radius 3 is 2.32 bits per heavy atom. The zero-order valence-electron chi connectivity index (χ0n) is 22.4. The van der Waals surface area contributed by atoms with Crippen LogP contribution in [0, 0.1) is 5.82 Å². The molecule has 1 aromatic heterocycles. The number of sulfone groups is 1. The Hall–Kier alpha value is -2.79. The molecule has 38 heavy (non-hydrogen) atoms. The van der Waals surface area contributed by atoms with Crippen molar-refractivity contribution in [1.29, 1.82) is 0 Å². The van der Waals surface area contributed by atoms with Crippen LogP contribution in [-0.2, 0) is 34.0 Å². The van der Waals surface area contributed by atoms with Gasteiger partial charge in [0, 0.05) is 53.1 Å². The Labute approximate surface area is 226 Å². The van der Waals surface area contributed by atoms with Gasteiger partial charge in [-0.1, -0.05) is 19.1 Å². The zero-order valence-corrected chi connectivity index (χ0v) is 24.0. The lowest BCUT2D eigenvalue weighted by molar-refractivity contribution is 0.103. The fourth-order valence-corrected chi connectivity index (χ4v) is 5.54. The molecule has 0 bridgehead atoms. The number of nitrogens with zero attached hydrogens (tertiary/aromatic N) is 1. The highest BCUT2D eigenvalue weighted by atomic mass is 32.2. The van der Waals surface area contributed by atoms with Gasteiger partial charge >= 0.3 is 0 Å². The second-order valence-corrected chi connectivity index (χ2v) is 14.6. The molecule has 0 saturated carbocycles. The molecule has 0 radical (unpaired) electrons. The number of ketones is 1. The normalized spacial score (nSPS) is 13.8. The minimum absolute atomic E-state index is 0.0384. The van der Waals surface area contributed by atoms with Gasteiger partial charge in [0.25, 0.3) is 5.56 Å². The van der Waals surface area contributed by atoms with Crippen LogP contribution in [0.3, 0.4) is 0 Å². The summed E-state index contributed by atoms with van der Waals surface area (Å²) in [6, 6.07) is 10.8. The standard InChI is InChI=1S/C28H33FN2O5S2/c1-7-38(35,36)17-19-8-13-22(27(33)20-9-11-21(29)12-10-20)24(14-19)25-16-31(6)26(32)15-23(25)18(2)30-37(34)28(3,4)5/h8-16,18,30H,7,17H2,1-6H3. The highest BCUT2D eigenvalue weighted by Crippen LogP contribution is 2.33. The highest BCUT2D eigenvalue weighted by Gasteiger charge is 2.30. The molecular formula is C28H33FN2O5S2. The van der Waals surface area contributed by atoms with E-state index in [9.17, 15) is 27.0 Å². The van der Waals surface area contributed by atoms with Crippen molar-refractivity contribution in [2.24, 2.45) is 7.05 Å². The molecule has 1 N–H and O–H groups in total. The molecule has 1 heterocycles. The first kappa shape index (κ1) is 29.8. The molecule has 0 aliphatic carbocycles. The van der Waals surface area contributed by atoms with Gasteiger partial charge in [0.2, 0.25) is 0 Å². The first-order valence-electron chi connectivity index (χ1n) is 12.2. The Morgan fingerprint density at radius 2 is 1.74 bits per heavy atom. The quantitative estimate of drug-likeness (QED) is 0.306. The van der Waals surface area contributed by atoms with Gasteiger partial charge in [0.15, 0.2) is 15.6 Å². The molecule has 0 amide bonds. The van der Waals surface area contributed by atoms with Crippen LogP contribution in [0.1, 0.15) is 67.7 Å². The molecule has 0 saturated heterocycles. The second kappa shape index (κ2) is 11.5. The summed E-state index contributed by atoms with van der Waals surface area (Å²) >= 11 is -1.45. The van der Waals surface area contributed by atoms with Gasteiger partial charge < -0.3 is 9.12 Å². The first-order valence-corrected chi connectivity index (χ1v) is 15.1. The van der Waals surface area contributed by atoms with E-state index in [1.165, 1.54) is 34.9 Å². The Balaban J connectivity index is 2.26. The van der Waals surface area contributed by atoms with Crippen LogP contribution in [0.25, 0.3) is 11.1 Å². The van der Waals surface area contributed by atoms with Gasteiger partial charge in [-0.15, -0.1) is 4.72 Å². The lowest BCUT2D eigenvalue weighted by atomic mass is 9.89. The van der Waals surface area contributed by atoms with Gasteiger partial charge in [-0.05, 0) is 74.7 Å². The van der Waals surface area contributed by atoms with E-state index in [-0.39, 0.29) is 34.0 Å². The van der Waals surface area contributed by atoms with E-state index in [4.69, 9.17) is 0 Å². The summed E-state index contributed by atoms with van der Waals surface area (Å²) in [5.74, 6) is -1.12. The van der Waals surface area contributed by atoms with Crippen LogP contribution in [0.15, 0.2) is 59.5 Å². The van der Waals surface area contributed by atoms with E-state index in [0.717, 1.165) is 0 Å². The third kappa shape index (κ3) is 6.99. The number of aryl methyl sites for hydroxylation is 1. The number of nitrogens with one attached hydrogen (secondary N) is 1. The van der Waals surface area contributed by atoms with Crippen molar-refractivity contribution in [3.05, 3.63) is 93.2 Å². The molecule has 0 fully saturated rings. The van der Waals surface area contributed by atoms with Crippen LogP contribution in [0.4, 0.5) is 4.39 Å². The van der Waals surface area contributed by atoms with E-state index >= 15 is 0 Å². The molecule has 3 aromatic rings. The van der Waals surface area contributed by atoms with Crippen molar-refractivity contribution in [2.75, 3.05) is 5.75 Å². The molecule has 2 atom stereocenters. The van der Waals surface area contributed by atoms with Crippen LogP contribution in [0.5, 0.6) is 0 Å². The van der Waals surface area contributed by atoms with Gasteiger partial charge in [0.05, 0.1) is 11.8 Å². The lowest BCUT2D eigenvalue weighted by Crippen LogP contribution is -2.41. The highest BCUT2D eigenvalue weighted by molar-refractivity contribution is 7.91. The Bertz CT molecular complexity index is 1490. The van der Waals surface area contributed by atoms with Crippen molar-refractivity contribution in [3.63, 3.8) is 0 Å². The Morgan fingerprint density at radius 1 is 1.11 bits per heavy atom. The molecule has 3 rings (SSSR count). The summed E-state index contributed by atoms with van der Waals surface area (Å²) in [6.07, 6.45) is 1.59. The predicted octanol–water partition coefficient (Wildman–Crippen LogP) is 4.47. The maximum absolute atomic E-state index is 13.6. The fourth-order valence-electron chi connectivity index (χ4n) is 3.84. The summed E-state index contributed by atoms with van der Waals surface area (Å²) in [6.45, 7) is 8.81.